The van der Waals surface area contributed by atoms with E-state index in [4.69, 9.17) is 0 Å². The Hall–Kier alpha value is -1.82. The smallest absolute Gasteiger partial charge is 0.252 e. The van der Waals surface area contributed by atoms with Crippen LogP contribution in [-0.4, -0.2) is 5.91 Å². The first-order valence-electron chi connectivity index (χ1n) is 5.65. The van der Waals surface area contributed by atoms with Crippen molar-refractivity contribution in [1.29, 1.82) is 0 Å². The predicted molar refractivity (Wildman–Crippen MR) is 71.6 cm³/mol. The van der Waals surface area contributed by atoms with Gasteiger partial charge >= 0.3 is 0 Å². The average Bonchev–Trinajstić information content (AvgIpc) is 2.40. The number of halogens is 4. The second-order valence-corrected chi connectivity index (χ2v) is 4.81. The predicted octanol–water partition coefficient (Wildman–Crippen LogP) is 3.80. The molecule has 0 heterocycles. The lowest BCUT2D eigenvalue weighted by Gasteiger charge is -2.08. The molecule has 1 N–H and O–H groups in total. The van der Waals surface area contributed by atoms with E-state index in [0.717, 1.165) is 12.1 Å². The van der Waals surface area contributed by atoms with Crippen molar-refractivity contribution in [2.75, 3.05) is 0 Å². The van der Waals surface area contributed by atoms with Crippen molar-refractivity contribution in [3.8, 4) is 0 Å². The highest BCUT2D eigenvalue weighted by Gasteiger charge is 2.13. The summed E-state index contributed by atoms with van der Waals surface area (Å²) in [6.07, 6.45) is 0. The van der Waals surface area contributed by atoms with Gasteiger partial charge in [-0.05, 0) is 34.1 Å². The summed E-state index contributed by atoms with van der Waals surface area (Å²) in [6, 6.07) is 7.12. The molecule has 0 aromatic heterocycles. The van der Waals surface area contributed by atoms with Crippen LogP contribution in [0.15, 0.2) is 40.9 Å². The summed E-state index contributed by atoms with van der Waals surface area (Å²) in [4.78, 5) is 11.9. The molecular formula is C14H9BrF3NO. The molecule has 20 heavy (non-hydrogen) atoms. The van der Waals surface area contributed by atoms with Crippen molar-refractivity contribution < 1.29 is 18.0 Å². The maximum Gasteiger partial charge on any atom is 0.252 e. The molecule has 6 heteroatoms. The van der Waals surface area contributed by atoms with E-state index in [0.29, 0.717) is 0 Å². The fourth-order valence-corrected chi connectivity index (χ4v) is 2.06. The van der Waals surface area contributed by atoms with Crippen LogP contribution >= 0.6 is 15.9 Å². The summed E-state index contributed by atoms with van der Waals surface area (Å²) < 4.78 is 39.4. The van der Waals surface area contributed by atoms with E-state index in [-0.39, 0.29) is 22.1 Å². The lowest BCUT2D eigenvalue weighted by Crippen LogP contribution is -2.24. The minimum Gasteiger partial charge on any atom is -0.348 e. The highest BCUT2D eigenvalue weighted by Crippen LogP contribution is 2.20. The molecule has 0 radical (unpaired) electrons. The molecule has 0 aliphatic carbocycles. The summed E-state index contributed by atoms with van der Waals surface area (Å²) in [5.74, 6) is -2.56. The molecule has 0 aliphatic heterocycles. The number of nitrogens with one attached hydrogen (secondary N) is 1. The SMILES string of the molecule is O=C(NCc1ccc(F)cc1F)c1cccc(F)c1Br. The number of carbonyl (C=O) groups is 1. The van der Waals surface area contributed by atoms with Gasteiger partial charge in [0, 0.05) is 18.2 Å². The van der Waals surface area contributed by atoms with E-state index < -0.39 is 23.4 Å². The van der Waals surface area contributed by atoms with Crippen LogP contribution < -0.4 is 5.32 Å². The van der Waals surface area contributed by atoms with E-state index in [1.807, 2.05) is 0 Å². The molecule has 0 aliphatic rings. The first kappa shape index (κ1) is 14.6. The molecule has 2 aromatic rings. The van der Waals surface area contributed by atoms with Gasteiger partial charge in [-0.25, -0.2) is 13.2 Å². The highest BCUT2D eigenvalue weighted by atomic mass is 79.9. The van der Waals surface area contributed by atoms with Crippen LogP contribution in [0.4, 0.5) is 13.2 Å². The Bertz CT molecular complexity index is 661. The Morgan fingerprint density at radius 3 is 2.55 bits per heavy atom. The molecule has 2 rings (SSSR count). The second-order valence-electron chi connectivity index (χ2n) is 4.02. The van der Waals surface area contributed by atoms with Gasteiger partial charge in [-0.1, -0.05) is 12.1 Å². The van der Waals surface area contributed by atoms with Gasteiger partial charge < -0.3 is 5.32 Å². The third-order valence-corrected chi connectivity index (χ3v) is 3.46. The maximum absolute atomic E-state index is 13.4. The molecule has 0 saturated carbocycles. The van der Waals surface area contributed by atoms with Gasteiger partial charge in [0.25, 0.3) is 5.91 Å². The summed E-state index contributed by atoms with van der Waals surface area (Å²) in [6.45, 7) is -0.117. The molecular weight excluding hydrogens is 335 g/mol. The molecule has 104 valence electrons. The minimum absolute atomic E-state index is 0.0390. The average molecular weight is 344 g/mol. The van der Waals surface area contributed by atoms with Crippen molar-refractivity contribution in [1.82, 2.24) is 5.32 Å². The standard InChI is InChI=1S/C14H9BrF3NO/c15-13-10(2-1-3-11(13)17)14(20)19-7-8-4-5-9(16)6-12(8)18/h1-6H,7H2,(H,19,20). The van der Waals surface area contributed by atoms with Crippen LogP contribution in [-0.2, 0) is 6.54 Å². The summed E-state index contributed by atoms with van der Waals surface area (Å²) in [5.41, 5.74) is 0.250. The highest BCUT2D eigenvalue weighted by molar-refractivity contribution is 9.10. The first-order valence-corrected chi connectivity index (χ1v) is 6.44. The molecule has 2 aromatic carbocycles. The van der Waals surface area contributed by atoms with Crippen molar-refractivity contribution in [3.05, 3.63) is 69.4 Å². The first-order chi connectivity index (χ1) is 9.49. The molecule has 0 saturated heterocycles. The number of benzene rings is 2. The fraction of sp³-hybridized carbons (Fsp3) is 0.0714. The van der Waals surface area contributed by atoms with Gasteiger partial charge in [-0.2, -0.15) is 0 Å². The number of rotatable bonds is 3. The van der Waals surface area contributed by atoms with Crippen LogP contribution in [0.1, 0.15) is 15.9 Å². The molecule has 0 unspecified atom stereocenters. The Morgan fingerprint density at radius 2 is 1.85 bits per heavy atom. The van der Waals surface area contributed by atoms with Gasteiger partial charge in [0.2, 0.25) is 0 Å². The van der Waals surface area contributed by atoms with Gasteiger partial charge in [0.1, 0.15) is 17.5 Å². The Morgan fingerprint density at radius 1 is 1.10 bits per heavy atom. The monoisotopic (exact) mass is 343 g/mol. The topological polar surface area (TPSA) is 29.1 Å². The lowest BCUT2D eigenvalue weighted by molar-refractivity contribution is 0.0949. The number of amides is 1. The number of hydrogen-bond donors (Lipinski definition) is 1. The van der Waals surface area contributed by atoms with Crippen molar-refractivity contribution in [2.24, 2.45) is 0 Å². The van der Waals surface area contributed by atoms with Gasteiger partial charge in [-0.3, -0.25) is 4.79 Å². The van der Waals surface area contributed by atoms with E-state index in [9.17, 15) is 18.0 Å². The van der Waals surface area contributed by atoms with Crippen LogP contribution in [0.5, 0.6) is 0 Å². The quantitative estimate of drug-likeness (QED) is 0.902. The third kappa shape index (κ3) is 3.19. The molecule has 0 fully saturated rings. The fourth-order valence-electron chi connectivity index (χ4n) is 1.61. The summed E-state index contributed by atoms with van der Waals surface area (Å²) in [7, 11) is 0. The maximum atomic E-state index is 13.4. The van der Waals surface area contributed by atoms with Gasteiger partial charge in [0.05, 0.1) is 10.0 Å². The summed E-state index contributed by atoms with van der Waals surface area (Å²) in [5, 5.41) is 2.45. The molecule has 2 nitrogen and oxygen atoms in total. The molecule has 0 atom stereocenters. The normalized spacial score (nSPS) is 10.4. The zero-order valence-corrected chi connectivity index (χ0v) is 11.7. The van der Waals surface area contributed by atoms with Crippen LogP contribution in [0.3, 0.4) is 0 Å². The largest absolute Gasteiger partial charge is 0.348 e. The van der Waals surface area contributed by atoms with Crippen molar-refractivity contribution >= 4 is 21.8 Å². The second kappa shape index (κ2) is 6.09. The lowest BCUT2D eigenvalue weighted by atomic mass is 10.1. The van der Waals surface area contributed by atoms with Crippen LogP contribution in [0.25, 0.3) is 0 Å². The van der Waals surface area contributed by atoms with E-state index >= 15 is 0 Å². The van der Waals surface area contributed by atoms with Gasteiger partial charge in [0.15, 0.2) is 0 Å². The van der Waals surface area contributed by atoms with Gasteiger partial charge in [-0.15, -0.1) is 0 Å². The van der Waals surface area contributed by atoms with Crippen molar-refractivity contribution in [3.63, 3.8) is 0 Å². The minimum atomic E-state index is -0.747. The third-order valence-electron chi connectivity index (χ3n) is 2.65. The van der Waals surface area contributed by atoms with Crippen molar-refractivity contribution in [2.45, 2.75) is 6.54 Å². The number of hydrogen-bond acceptors (Lipinski definition) is 1. The van der Waals surface area contributed by atoms with E-state index in [1.165, 1.54) is 24.3 Å². The van der Waals surface area contributed by atoms with Crippen LogP contribution in [0.2, 0.25) is 0 Å². The summed E-state index contributed by atoms with van der Waals surface area (Å²) >= 11 is 2.97. The Kier molecular flexibility index (Phi) is 4.44. The molecule has 0 spiro atoms. The Balaban J connectivity index is 2.11. The Labute approximate surface area is 121 Å². The number of carbonyl (C=O) groups excluding carboxylic acids is 1. The molecule has 1 amide bonds. The van der Waals surface area contributed by atoms with Crippen LogP contribution in [0, 0.1) is 17.5 Å². The zero-order valence-electron chi connectivity index (χ0n) is 10.1. The zero-order chi connectivity index (χ0) is 14.7. The molecule has 0 bridgehead atoms. The van der Waals surface area contributed by atoms with E-state index in [1.54, 1.807) is 0 Å². The van der Waals surface area contributed by atoms with E-state index in [2.05, 4.69) is 21.2 Å².